The summed E-state index contributed by atoms with van der Waals surface area (Å²) >= 11 is 0. The molecular weight excluding hydrogens is 342 g/mol. The molecule has 0 aliphatic rings. The van der Waals surface area contributed by atoms with Crippen LogP contribution in [0.5, 0.6) is 0 Å². The summed E-state index contributed by atoms with van der Waals surface area (Å²) < 4.78 is 6.77. The van der Waals surface area contributed by atoms with Gasteiger partial charge in [-0.2, -0.15) is 0 Å². The average Bonchev–Trinajstić information content (AvgIpc) is 3.03. The fourth-order valence-electron chi connectivity index (χ4n) is 3.01. The maximum absolute atomic E-state index is 12.7. The SMILES string of the molecule is COCC(=O)NCCCc1nc2ccccc2n1CC(=O)c1ccccc1. The number of imidazole rings is 1. The smallest absolute Gasteiger partial charge is 0.245 e. The van der Waals surface area contributed by atoms with Crippen LogP contribution in [-0.4, -0.2) is 41.5 Å². The number of carbonyl (C=O) groups excluding carboxylic acids is 2. The van der Waals surface area contributed by atoms with E-state index in [1.807, 2.05) is 59.2 Å². The summed E-state index contributed by atoms with van der Waals surface area (Å²) in [5, 5.41) is 2.81. The van der Waals surface area contributed by atoms with Gasteiger partial charge in [0.15, 0.2) is 5.78 Å². The van der Waals surface area contributed by atoms with Crippen molar-refractivity contribution in [2.45, 2.75) is 19.4 Å². The standard InChI is InChI=1S/C21H23N3O3/c1-27-15-21(26)22-13-7-12-20-23-17-10-5-6-11-18(17)24(20)14-19(25)16-8-3-2-4-9-16/h2-6,8-11H,7,12-15H2,1H3,(H,22,26). The first-order valence-electron chi connectivity index (χ1n) is 8.97. The number of Topliss-reactive ketones (excluding diaryl/α,β-unsaturated/α-hetero) is 1. The lowest BCUT2D eigenvalue weighted by Crippen LogP contribution is -2.28. The van der Waals surface area contributed by atoms with Crippen molar-refractivity contribution in [3.05, 3.63) is 66.0 Å². The third-order valence-electron chi connectivity index (χ3n) is 4.31. The molecule has 0 radical (unpaired) electrons. The maximum Gasteiger partial charge on any atom is 0.245 e. The number of nitrogens with one attached hydrogen (secondary N) is 1. The van der Waals surface area contributed by atoms with Gasteiger partial charge in [0, 0.05) is 25.6 Å². The Kier molecular flexibility index (Phi) is 6.33. The normalized spacial score (nSPS) is 10.9. The number of fused-ring (bicyclic) bond motifs is 1. The first kappa shape index (κ1) is 18.8. The number of amides is 1. The molecule has 0 saturated heterocycles. The molecule has 1 heterocycles. The number of para-hydroxylation sites is 2. The van der Waals surface area contributed by atoms with Gasteiger partial charge in [-0.15, -0.1) is 0 Å². The van der Waals surface area contributed by atoms with Gasteiger partial charge < -0.3 is 14.6 Å². The zero-order valence-corrected chi connectivity index (χ0v) is 15.4. The second-order valence-corrected chi connectivity index (χ2v) is 6.28. The molecule has 6 heteroatoms. The molecular formula is C21H23N3O3. The number of benzene rings is 2. The number of hydrogen-bond acceptors (Lipinski definition) is 4. The van der Waals surface area contributed by atoms with E-state index in [1.165, 1.54) is 7.11 Å². The van der Waals surface area contributed by atoms with E-state index in [-0.39, 0.29) is 24.8 Å². The van der Waals surface area contributed by atoms with E-state index >= 15 is 0 Å². The Morgan fingerprint density at radius 3 is 2.59 bits per heavy atom. The zero-order valence-electron chi connectivity index (χ0n) is 15.4. The van der Waals surface area contributed by atoms with Crippen LogP contribution in [0.3, 0.4) is 0 Å². The summed E-state index contributed by atoms with van der Waals surface area (Å²) in [5.74, 6) is 0.764. The summed E-state index contributed by atoms with van der Waals surface area (Å²) in [6.07, 6.45) is 1.41. The minimum Gasteiger partial charge on any atom is -0.375 e. The minimum atomic E-state index is -0.134. The van der Waals surface area contributed by atoms with Gasteiger partial charge in [0.25, 0.3) is 0 Å². The van der Waals surface area contributed by atoms with Crippen molar-refractivity contribution in [1.29, 1.82) is 0 Å². The summed E-state index contributed by atoms with van der Waals surface area (Å²) in [6.45, 7) is 0.845. The summed E-state index contributed by atoms with van der Waals surface area (Å²) in [4.78, 5) is 28.8. The third-order valence-corrected chi connectivity index (χ3v) is 4.31. The molecule has 3 aromatic rings. The third kappa shape index (κ3) is 4.80. The topological polar surface area (TPSA) is 73.2 Å². The first-order chi connectivity index (χ1) is 13.2. The van der Waals surface area contributed by atoms with Crippen molar-refractivity contribution in [3.8, 4) is 0 Å². The molecule has 0 bridgehead atoms. The lowest BCUT2D eigenvalue weighted by molar-refractivity contribution is -0.124. The monoisotopic (exact) mass is 365 g/mol. The van der Waals surface area contributed by atoms with Crippen LogP contribution in [-0.2, 0) is 22.5 Å². The molecule has 1 aromatic heterocycles. The number of rotatable bonds is 9. The van der Waals surface area contributed by atoms with Gasteiger partial charge in [0.1, 0.15) is 12.4 Å². The molecule has 140 valence electrons. The Morgan fingerprint density at radius 2 is 1.81 bits per heavy atom. The van der Waals surface area contributed by atoms with Crippen LogP contribution in [0.15, 0.2) is 54.6 Å². The quantitative estimate of drug-likeness (QED) is 0.467. The van der Waals surface area contributed by atoms with Crippen molar-refractivity contribution in [1.82, 2.24) is 14.9 Å². The summed E-state index contributed by atoms with van der Waals surface area (Å²) in [6, 6.07) is 17.1. The molecule has 1 amide bonds. The number of nitrogens with zero attached hydrogens (tertiary/aromatic N) is 2. The van der Waals surface area contributed by atoms with Gasteiger partial charge in [-0.05, 0) is 18.6 Å². The highest BCUT2D eigenvalue weighted by atomic mass is 16.5. The highest BCUT2D eigenvalue weighted by molar-refractivity contribution is 5.96. The van der Waals surface area contributed by atoms with Crippen molar-refractivity contribution in [2.75, 3.05) is 20.3 Å². The summed E-state index contributed by atoms with van der Waals surface area (Å²) in [7, 11) is 1.49. The molecule has 3 rings (SSSR count). The molecule has 1 N–H and O–H groups in total. The van der Waals surface area contributed by atoms with E-state index in [1.54, 1.807) is 0 Å². The van der Waals surface area contributed by atoms with Crippen LogP contribution in [0.1, 0.15) is 22.6 Å². The van der Waals surface area contributed by atoms with E-state index in [9.17, 15) is 9.59 Å². The molecule has 0 fully saturated rings. The largest absolute Gasteiger partial charge is 0.375 e. The molecule has 0 atom stereocenters. The predicted molar refractivity (Wildman–Crippen MR) is 104 cm³/mol. The highest BCUT2D eigenvalue weighted by Crippen LogP contribution is 2.18. The Labute approximate surface area is 158 Å². The average molecular weight is 365 g/mol. The highest BCUT2D eigenvalue weighted by Gasteiger charge is 2.14. The van der Waals surface area contributed by atoms with Gasteiger partial charge in [-0.25, -0.2) is 4.98 Å². The van der Waals surface area contributed by atoms with Crippen LogP contribution in [0.2, 0.25) is 0 Å². The van der Waals surface area contributed by atoms with Crippen LogP contribution < -0.4 is 5.32 Å². The van der Waals surface area contributed by atoms with Crippen LogP contribution in [0, 0.1) is 0 Å². The number of hydrogen-bond donors (Lipinski definition) is 1. The van der Waals surface area contributed by atoms with Crippen molar-refractivity contribution < 1.29 is 14.3 Å². The Morgan fingerprint density at radius 1 is 1.07 bits per heavy atom. The Balaban J connectivity index is 1.74. The fraction of sp³-hybridized carbons (Fsp3) is 0.286. The number of ketones is 1. The molecule has 27 heavy (non-hydrogen) atoms. The van der Waals surface area contributed by atoms with E-state index in [0.717, 1.165) is 23.3 Å². The lowest BCUT2D eigenvalue weighted by Gasteiger charge is -2.09. The van der Waals surface area contributed by atoms with Crippen LogP contribution in [0.4, 0.5) is 0 Å². The number of carbonyl (C=O) groups is 2. The minimum absolute atomic E-state index is 0.0494. The van der Waals surface area contributed by atoms with E-state index in [4.69, 9.17) is 4.74 Å². The molecule has 6 nitrogen and oxygen atoms in total. The van der Waals surface area contributed by atoms with Gasteiger partial charge in [-0.3, -0.25) is 9.59 Å². The number of ether oxygens (including phenoxy) is 1. The van der Waals surface area contributed by atoms with E-state index in [0.29, 0.717) is 18.5 Å². The number of aromatic nitrogens is 2. The van der Waals surface area contributed by atoms with Gasteiger partial charge in [0.05, 0.1) is 17.6 Å². The van der Waals surface area contributed by atoms with Gasteiger partial charge >= 0.3 is 0 Å². The van der Waals surface area contributed by atoms with E-state index in [2.05, 4.69) is 10.3 Å². The fourth-order valence-corrected chi connectivity index (χ4v) is 3.01. The van der Waals surface area contributed by atoms with Crippen LogP contribution in [0.25, 0.3) is 11.0 Å². The first-order valence-corrected chi connectivity index (χ1v) is 8.97. The molecule has 0 aliphatic heterocycles. The maximum atomic E-state index is 12.7. The van der Waals surface area contributed by atoms with Gasteiger partial charge in [0.2, 0.25) is 5.91 Å². The zero-order chi connectivity index (χ0) is 19.1. The van der Waals surface area contributed by atoms with Gasteiger partial charge in [-0.1, -0.05) is 42.5 Å². The van der Waals surface area contributed by atoms with Crippen molar-refractivity contribution in [3.63, 3.8) is 0 Å². The lowest BCUT2D eigenvalue weighted by atomic mass is 10.1. The van der Waals surface area contributed by atoms with Crippen molar-refractivity contribution >= 4 is 22.7 Å². The molecule has 0 unspecified atom stereocenters. The second kappa shape index (κ2) is 9.09. The predicted octanol–water partition coefficient (Wildman–Crippen LogP) is 2.61. The second-order valence-electron chi connectivity index (χ2n) is 6.28. The molecule has 0 spiro atoms. The summed E-state index contributed by atoms with van der Waals surface area (Å²) in [5.41, 5.74) is 2.50. The Bertz CT molecular complexity index is 919. The number of methoxy groups -OCH3 is 1. The Hall–Kier alpha value is -2.99. The molecule has 2 aromatic carbocycles. The molecule has 0 aliphatic carbocycles. The van der Waals surface area contributed by atoms with E-state index < -0.39 is 0 Å². The van der Waals surface area contributed by atoms with Crippen molar-refractivity contribution in [2.24, 2.45) is 0 Å². The molecule has 0 saturated carbocycles. The number of aryl methyl sites for hydroxylation is 1. The van der Waals surface area contributed by atoms with Crippen LogP contribution >= 0.6 is 0 Å².